The molecule has 0 aliphatic carbocycles. The molecule has 0 spiro atoms. The van der Waals surface area contributed by atoms with Crippen molar-refractivity contribution in [2.24, 2.45) is 0 Å². The average Bonchev–Trinajstić information content (AvgIpc) is 2.71. The summed E-state index contributed by atoms with van der Waals surface area (Å²) in [6.45, 7) is 0. The van der Waals surface area contributed by atoms with E-state index in [2.05, 4.69) is 15.9 Å². The SMILES string of the molecule is O=S(=O)(Nc1c(F)cccc1F)c1cc(Br)cs1. The van der Waals surface area contributed by atoms with Crippen LogP contribution in [0.25, 0.3) is 0 Å². The van der Waals surface area contributed by atoms with Gasteiger partial charge in [0.25, 0.3) is 10.0 Å². The van der Waals surface area contributed by atoms with Gasteiger partial charge in [-0.15, -0.1) is 11.3 Å². The third-order valence-electron chi connectivity index (χ3n) is 2.01. The van der Waals surface area contributed by atoms with Crippen LogP contribution in [-0.2, 0) is 10.0 Å². The van der Waals surface area contributed by atoms with Gasteiger partial charge in [0.15, 0.2) is 0 Å². The van der Waals surface area contributed by atoms with Crippen LogP contribution in [-0.4, -0.2) is 8.42 Å². The molecule has 3 nitrogen and oxygen atoms in total. The molecule has 0 saturated carbocycles. The fourth-order valence-corrected chi connectivity index (χ4v) is 4.14. The molecule has 0 unspecified atom stereocenters. The number of nitrogens with one attached hydrogen (secondary N) is 1. The van der Waals surface area contributed by atoms with Crippen molar-refractivity contribution in [2.75, 3.05) is 4.72 Å². The van der Waals surface area contributed by atoms with E-state index in [0.717, 1.165) is 29.5 Å². The summed E-state index contributed by atoms with van der Waals surface area (Å²) < 4.78 is 52.8. The second kappa shape index (κ2) is 4.94. The third kappa shape index (κ3) is 2.70. The lowest BCUT2D eigenvalue weighted by molar-refractivity contribution is 0.583. The number of halogens is 3. The van der Waals surface area contributed by atoms with Crippen molar-refractivity contribution in [3.05, 3.63) is 45.8 Å². The number of para-hydroxylation sites is 1. The number of hydrogen-bond acceptors (Lipinski definition) is 3. The summed E-state index contributed by atoms with van der Waals surface area (Å²) in [5, 5.41) is 1.56. The van der Waals surface area contributed by atoms with E-state index in [1.54, 1.807) is 5.38 Å². The Hall–Kier alpha value is -0.990. The summed E-state index contributed by atoms with van der Waals surface area (Å²) in [5.74, 6) is -1.93. The highest BCUT2D eigenvalue weighted by Gasteiger charge is 2.20. The number of anilines is 1. The van der Waals surface area contributed by atoms with Crippen LogP contribution in [0.3, 0.4) is 0 Å². The van der Waals surface area contributed by atoms with Crippen LogP contribution in [0.2, 0.25) is 0 Å². The van der Waals surface area contributed by atoms with Crippen LogP contribution in [0.1, 0.15) is 0 Å². The summed E-state index contributed by atoms with van der Waals surface area (Å²) >= 11 is 4.05. The molecular weight excluding hydrogens is 348 g/mol. The molecule has 0 amide bonds. The molecule has 2 aromatic rings. The van der Waals surface area contributed by atoms with Gasteiger partial charge in [-0.2, -0.15) is 0 Å². The highest BCUT2D eigenvalue weighted by molar-refractivity contribution is 9.10. The van der Waals surface area contributed by atoms with Crippen molar-refractivity contribution in [1.82, 2.24) is 0 Å². The average molecular weight is 354 g/mol. The molecule has 1 N–H and O–H groups in total. The Morgan fingerprint density at radius 2 is 1.83 bits per heavy atom. The third-order valence-corrected chi connectivity index (χ3v) is 5.56. The summed E-state index contributed by atoms with van der Waals surface area (Å²) in [5.41, 5.74) is -0.679. The standard InChI is InChI=1S/C10H6BrF2NO2S2/c11-6-4-9(17-5-6)18(15,16)14-10-7(12)2-1-3-8(10)13/h1-5,14H. The lowest BCUT2D eigenvalue weighted by Crippen LogP contribution is -2.13. The van der Waals surface area contributed by atoms with Gasteiger partial charge in [-0.1, -0.05) is 6.07 Å². The lowest BCUT2D eigenvalue weighted by atomic mass is 10.3. The Labute approximate surface area is 115 Å². The first-order chi connectivity index (χ1) is 8.40. The Morgan fingerprint density at radius 1 is 1.22 bits per heavy atom. The van der Waals surface area contributed by atoms with E-state index < -0.39 is 27.3 Å². The zero-order valence-electron chi connectivity index (χ0n) is 8.65. The van der Waals surface area contributed by atoms with E-state index in [4.69, 9.17) is 0 Å². The predicted molar refractivity (Wildman–Crippen MR) is 69.2 cm³/mol. The van der Waals surface area contributed by atoms with Gasteiger partial charge in [0.2, 0.25) is 0 Å². The molecule has 0 bridgehead atoms. The van der Waals surface area contributed by atoms with Crippen LogP contribution < -0.4 is 4.72 Å². The minimum Gasteiger partial charge on any atom is -0.273 e. The van der Waals surface area contributed by atoms with E-state index in [9.17, 15) is 17.2 Å². The number of thiophene rings is 1. The maximum absolute atomic E-state index is 13.3. The molecule has 18 heavy (non-hydrogen) atoms. The number of sulfonamides is 1. The van der Waals surface area contributed by atoms with E-state index in [-0.39, 0.29) is 4.21 Å². The first-order valence-electron chi connectivity index (χ1n) is 4.61. The largest absolute Gasteiger partial charge is 0.273 e. The molecule has 0 aliphatic rings. The smallest absolute Gasteiger partial charge is 0.271 e. The van der Waals surface area contributed by atoms with Gasteiger partial charge in [0, 0.05) is 9.85 Å². The van der Waals surface area contributed by atoms with Crippen LogP contribution in [0.15, 0.2) is 38.3 Å². The maximum atomic E-state index is 13.3. The second-order valence-corrected chi connectivity index (χ2v) is 7.02. The zero-order chi connectivity index (χ0) is 13.3. The Bertz CT molecular complexity index is 665. The minimum atomic E-state index is -3.98. The first-order valence-corrected chi connectivity index (χ1v) is 7.76. The van der Waals surface area contributed by atoms with Crippen LogP contribution in [0.4, 0.5) is 14.5 Å². The molecule has 2 rings (SSSR count). The molecule has 1 heterocycles. The Kier molecular flexibility index (Phi) is 3.69. The van der Waals surface area contributed by atoms with E-state index in [1.807, 2.05) is 4.72 Å². The quantitative estimate of drug-likeness (QED) is 0.916. The molecule has 8 heteroatoms. The van der Waals surface area contributed by atoms with Gasteiger partial charge in [-0.3, -0.25) is 4.72 Å². The monoisotopic (exact) mass is 353 g/mol. The van der Waals surface area contributed by atoms with Gasteiger partial charge >= 0.3 is 0 Å². The summed E-state index contributed by atoms with van der Waals surface area (Å²) in [7, 11) is -3.98. The highest BCUT2D eigenvalue weighted by atomic mass is 79.9. The molecule has 0 atom stereocenters. The molecule has 0 aliphatic heterocycles. The van der Waals surface area contributed by atoms with E-state index in [0.29, 0.717) is 4.47 Å². The molecule has 1 aromatic heterocycles. The fourth-order valence-electron chi connectivity index (χ4n) is 1.22. The van der Waals surface area contributed by atoms with Gasteiger partial charge in [0.05, 0.1) is 0 Å². The van der Waals surface area contributed by atoms with Gasteiger partial charge in [-0.25, -0.2) is 17.2 Å². The fraction of sp³-hybridized carbons (Fsp3) is 0. The minimum absolute atomic E-state index is 0.0305. The van der Waals surface area contributed by atoms with E-state index in [1.165, 1.54) is 6.07 Å². The van der Waals surface area contributed by atoms with Gasteiger partial charge in [-0.05, 0) is 34.1 Å². The predicted octanol–water partition coefficient (Wildman–Crippen LogP) is 3.59. The highest BCUT2D eigenvalue weighted by Crippen LogP contribution is 2.27. The molecule has 96 valence electrons. The van der Waals surface area contributed by atoms with Gasteiger partial charge in [0.1, 0.15) is 21.5 Å². The van der Waals surface area contributed by atoms with Crippen LogP contribution in [0.5, 0.6) is 0 Å². The lowest BCUT2D eigenvalue weighted by Gasteiger charge is -2.07. The van der Waals surface area contributed by atoms with Crippen LogP contribution >= 0.6 is 27.3 Å². The van der Waals surface area contributed by atoms with Crippen LogP contribution in [0, 0.1) is 11.6 Å². The summed E-state index contributed by atoms with van der Waals surface area (Å²) in [6, 6.07) is 4.46. The molecule has 0 fully saturated rings. The zero-order valence-corrected chi connectivity index (χ0v) is 11.9. The maximum Gasteiger partial charge on any atom is 0.271 e. The molecule has 0 saturated heterocycles. The molecule has 0 radical (unpaired) electrons. The van der Waals surface area contributed by atoms with Crippen molar-refractivity contribution < 1.29 is 17.2 Å². The number of hydrogen-bond donors (Lipinski definition) is 1. The second-order valence-electron chi connectivity index (χ2n) is 3.29. The van der Waals surface area contributed by atoms with E-state index >= 15 is 0 Å². The van der Waals surface area contributed by atoms with Crippen molar-refractivity contribution in [2.45, 2.75) is 4.21 Å². The summed E-state index contributed by atoms with van der Waals surface area (Å²) in [4.78, 5) is 0. The van der Waals surface area contributed by atoms with Crippen molar-refractivity contribution in [1.29, 1.82) is 0 Å². The molecular formula is C10H6BrF2NO2S2. The number of benzene rings is 1. The van der Waals surface area contributed by atoms with Crippen molar-refractivity contribution in [3.8, 4) is 0 Å². The Balaban J connectivity index is 2.40. The topological polar surface area (TPSA) is 46.2 Å². The normalized spacial score (nSPS) is 11.5. The number of rotatable bonds is 3. The van der Waals surface area contributed by atoms with Gasteiger partial charge < -0.3 is 0 Å². The van der Waals surface area contributed by atoms with Crippen molar-refractivity contribution >= 4 is 43.0 Å². The molecule has 1 aromatic carbocycles. The first kappa shape index (κ1) is 13.4. The summed E-state index contributed by atoms with van der Waals surface area (Å²) in [6.07, 6.45) is 0. The van der Waals surface area contributed by atoms with Crippen molar-refractivity contribution in [3.63, 3.8) is 0 Å². The Morgan fingerprint density at radius 3 is 2.33 bits per heavy atom.